The first kappa shape index (κ1) is 26.9. The van der Waals surface area contributed by atoms with E-state index in [2.05, 4.69) is 17.6 Å². The van der Waals surface area contributed by atoms with E-state index < -0.39 is 17.7 Å². The summed E-state index contributed by atoms with van der Waals surface area (Å²) < 4.78 is 5.37. The molecule has 0 radical (unpaired) electrons. The van der Waals surface area contributed by atoms with Crippen LogP contribution in [0.2, 0.25) is 5.02 Å². The Hall–Kier alpha value is -2.71. The first-order valence-corrected chi connectivity index (χ1v) is 13.0. The quantitative estimate of drug-likeness (QED) is 0.480. The fraction of sp³-hybridized carbons (Fsp3) is 0.423. The molecule has 1 aliphatic rings. The molecule has 7 nitrogen and oxygen atoms in total. The normalized spacial score (nSPS) is 15.7. The number of nitrogens with one attached hydrogen (secondary N) is 2. The lowest BCUT2D eigenvalue weighted by molar-refractivity contribution is -0.120. The average Bonchev–Trinajstić information content (AvgIpc) is 2.91. The van der Waals surface area contributed by atoms with Crippen molar-refractivity contribution in [3.63, 3.8) is 0 Å². The maximum absolute atomic E-state index is 13.7. The third kappa shape index (κ3) is 7.64. The maximum atomic E-state index is 13.7. The highest BCUT2D eigenvalue weighted by atomic mass is 35.5. The number of hydrogen-bond donors (Lipinski definition) is 2. The van der Waals surface area contributed by atoms with Gasteiger partial charge in [0.2, 0.25) is 0 Å². The van der Waals surface area contributed by atoms with Crippen molar-refractivity contribution in [2.24, 2.45) is 0 Å². The Labute approximate surface area is 215 Å². The number of amides is 3. The molecule has 2 N–H and O–H groups in total. The summed E-state index contributed by atoms with van der Waals surface area (Å²) in [5.74, 6) is -0.122. The van der Waals surface area contributed by atoms with Crippen LogP contribution in [-0.2, 0) is 16.1 Å². The monoisotopic (exact) mass is 517 g/mol. The molecule has 2 aromatic rings. The van der Waals surface area contributed by atoms with Crippen molar-refractivity contribution >= 4 is 47.0 Å². The van der Waals surface area contributed by atoms with Crippen molar-refractivity contribution in [3.05, 3.63) is 58.6 Å². The summed E-state index contributed by atoms with van der Waals surface area (Å²) in [6.07, 6.45) is 1.23. The van der Waals surface area contributed by atoms with Gasteiger partial charge in [-0.3, -0.25) is 9.59 Å². The molecule has 1 heterocycles. The number of thioether (sulfide) groups is 1. The molecule has 2 aromatic carbocycles. The Kier molecular flexibility index (Phi) is 9.08. The van der Waals surface area contributed by atoms with Gasteiger partial charge in [0.25, 0.3) is 11.8 Å². The van der Waals surface area contributed by atoms with E-state index in [9.17, 15) is 14.4 Å². The van der Waals surface area contributed by atoms with Crippen molar-refractivity contribution in [1.82, 2.24) is 10.6 Å². The van der Waals surface area contributed by atoms with Crippen LogP contribution in [0.5, 0.6) is 0 Å². The van der Waals surface area contributed by atoms with Crippen molar-refractivity contribution < 1.29 is 19.1 Å². The molecule has 0 spiro atoms. The predicted molar refractivity (Wildman–Crippen MR) is 140 cm³/mol. The second-order valence-electron chi connectivity index (χ2n) is 9.35. The lowest BCUT2D eigenvalue weighted by atomic mass is 10.1. The third-order valence-corrected chi connectivity index (χ3v) is 6.65. The minimum Gasteiger partial charge on any atom is -0.444 e. The van der Waals surface area contributed by atoms with Crippen LogP contribution in [0.3, 0.4) is 0 Å². The zero-order valence-electron chi connectivity index (χ0n) is 20.5. The standard InChI is InChI=1S/C26H32ClN3O4S/c1-5-6-13-28-23(31)18-9-12-22-21(14-18)30(15-17-7-10-19(27)11-8-17)24(32)20(16-35-22)29-25(33)34-26(2,3)4/h7-12,14,20H,5-6,13,15-16H2,1-4H3,(H,28,31)(H,29,33)/t20-/m0/s1. The molecule has 3 rings (SSSR count). The second kappa shape index (κ2) is 11.8. The molecule has 0 saturated heterocycles. The number of ether oxygens (including phenoxy) is 1. The van der Waals surface area contributed by atoms with Gasteiger partial charge in [0.15, 0.2) is 0 Å². The number of nitrogens with zero attached hydrogens (tertiary/aromatic N) is 1. The number of carbonyl (C=O) groups is 3. The molecule has 35 heavy (non-hydrogen) atoms. The zero-order chi connectivity index (χ0) is 25.6. The van der Waals surface area contributed by atoms with Crippen LogP contribution in [-0.4, -0.2) is 41.8 Å². The van der Waals surface area contributed by atoms with Crippen molar-refractivity contribution in [1.29, 1.82) is 0 Å². The van der Waals surface area contributed by atoms with Gasteiger partial charge >= 0.3 is 6.09 Å². The summed E-state index contributed by atoms with van der Waals surface area (Å²) in [5.41, 5.74) is 1.30. The fourth-order valence-electron chi connectivity index (χ4n) is 3.51. The highest BCUT2D eigenvalue weighted by Crippen LogP contribution is 2.36. The SMILES string of the molecule is CCCCNC(=O)c1ccc2c(c1)N(Cc1ccc(Cl)cc1)C(=O)[C@@H](NC(=O)OC(C)(C)C)CS2. The molecular formula is C26H32ClN3O4S. The van der Waals surface area contributed by atoms with Gasteiger partial charge in [-0.1, -0.05) is 37.1 Å². The molecule has 3 amide bonds. The van der Waals surface area contributed by atoms with E-state index in [1.165, 1.54) is 11.8 Å². The van der Waals surface area contributed by atoms with Crippen LogP contribution >= 0.6 is 23.4 Å². The first-order chi connectivity index (χ1) is 16.6. The number of alkyl carbamates (subject to hydrolysis) is 1. The van der Waals surface area contributed by atoms with Gasteiger partial charge < -0.3 is 20.3 Å². The van der Waals surface area contributed by atoms with E-state index >= 15 is 0 Å². The highest BCUT2D eigenvalue weighted by molar-refractivity contribution is 7.99. The molecule has 0 aliphatic carbocycles. The maximum Gasteiger partial charge on any atom is 0.408 e. The molecule has 1 atom stereocenters. The Morgan fingerprint density at radius 2 is 1.89 bits per heavy atom. The van der Waals surface area contributed by atoms with Crippen molar-refractivity contribution in [2.75, 3.05) is 17.2 Å². The summed E-state index contributed by atoms with van der Waals surface area (Å²) in [4.78, 5) is 41.3. The van der Waals surface area contributed by atoms with Gasteiger partial charge in [-0.15, -0.1) is 11.8 Å². The van der Waals surface area contributed by atoms with Crippen LogP contribution in [0.25, 0.3) is 0 Å². The van der Waals surface area contributed by atoms with E-state index in [0.29, 0.717) is 28.6 Å². The summed E-state index contributed by atoms with van der Waals surface area (Å²) in [7, 11) is 0. The Morgan fingerprint density at radius 1 is 1.17 bits per heavy atom. The van der Waals surface area contributed by atoms with E-state index in [4.69, 9.17) is 16.3 Å². The lowest BCUT2D eigenvalue weighted by Gasteiger charge is -2.27. The van der Waals surface area contributed by atoms with E-state index in [1.807, 2.05) is 18.2 Å². The van der Waals surface area contributed by atoms with Crippen LogP contribution in [0.1, 0.15) is 56.5 Å². The molecular weight excluding hydrogens is 486 g/mol. The number of anilines is 1. The Balaban J connectivity index is 1.92. The smallest absolute Gasteiger partial charge is 0.408 e. The highest BCUT2D eigenvalue weighted by Gasteiger charge is 2.33. The summed E-state index contributed by atoms with van der Waals surface area (Å²) >= 11 is 7.50. The number of halogens is 1. The van der Waals surface area contributed by atoms with Crippen LogP contribution in [0, 0.1) is 0 Å². The van der Waals surface area contributed by atoms with Crippen LogP contribution in [0.4, 0.5) is 10.5 Å². The van der Waals surface area contributed by atoms with Crippen LogP contribution < -0.4 is 15.5 Å². The largest absolute Gasteiger partial charge is 0.444 e. The molecule has 0 aromatic heterocycles. The summed E-state index contributed by atoms with van der Waals surface area (Å²) in [6.45, 7) is 8.23. The average molecular weight is 518 g/mol. The van der Waals surface area contributed by atoms with Gasteiger partial charge in [-0.05, 0) is 63.1 Å². The van der Waals surface area contributed by atoms with E-state index in [1.54, 1.807) is 49.9 Å². The molecule has 0 unspecified atom stereocenters. The Bertz CT molecular complexity index is 1070. The van der Waals surface area contributed by atoms with E-state index in [0.717, 1.165) is 23.3 Å². The number of carbonyl (C=O) groups excluding carboxylic acids is 3. The zero-order valence-corrected chi connectivity index (χ0v) is 22.1. The third-order valence-electron chi connectivity index (χ3n) is 5.24. The minimum atomic E-state index is -0.795. The number of rotatable bonds is 7. The molecule has 188 valence electrons. The number of benzene rings is 2. The van der Waals surface area contributed by atoms with Gasteiger partial charge in [0.1, 0.15) is 11.6 Å². The predicted octanol–water partition coefficient (Wildman–Crippen LogP) is 5.40. The van der Waals surface area contributed by atoms with Gasteiger partial charge in [-0.2, -0.15) is 0 Å². The van der Waals surface area contributed by atoms with Crippen LogP contribution in [0.15, 0.2) is 47.4 Å². The molecule has 1 aliphatic heterocycles. The lowest BCUT2D eigenvalue weighted by Crippen LogP contribution is -2.50. The summed E-state index contributed by atoms with van der Waals surface area (Å²) in [6, 6.07) is 11.8. The molecule has 0 fully saturated rings. The first-order valence-electron chi connectivity index (χ1n) is 11.7. The number of unbranched alkanes of at least 4 members (excludes halogenated alkanes) is 1. The van der Waals surface area contributed by atoms with Gasteiger partial charge in [-0.25, -0.2) is 4.79 Å². The Morgan fingerprint density at radius 3 is 2.54 bits per heavy atom. The van der Waals surface area contributed by atoms with E-state index in [-0.39, 0.29) is 18.4 Å². The molecule has 0 bridgehead atoms. The number of fused-ring (bicyclic) bond motifs is 1. The second-order valence-corrected chi connectivity index (χ2v) is 10.9. The van der Waals surface area contributed by atoms with Crippen molar-refractivity contribution in [2.45, 2.75) is 63.6 Å². The summed E-state index contributed by atoms with van der Waals surface area (Å²) in [5, 5.41) is 6.25. The minimum absolute atomic E-state index is 0.183. The number of hydrogen-bond acceptors (Lipinski definition) is 5. The molecule has 0 saturated carbocycles. The van der Waals surface area contributed by atoms with Gasteiger partial charge in [0.05, 0.1) is 12.2 Å². The topological polar surface area (TPSA) is 87.7 Å². The fourth-order valence-corrected chi connectivity index (χ4v) is 4.69. The van der Waals surface area contributed by atoms with Gasteiger partial charge in [0, 0.05) is 27.8 Å². The molecule has 9 heteroatoms. The van der Waals surface area contributed by atoms with Crippen molar-refractivity contribution in [3.8, 4) is 0 Å².